The van der Waals surface area contributed by atoms with Crippen LogP contribution in [0, 0.1) is 32.6 Å². The van der Waals surface area contributed by atoms with E-state index in [4.69, 9.17) is 4.74 Å². The van der Waals surface area contributed by atoms with Crippen LogP contribution < -0.4 is 31.5 Å². The van der Waals surface area contributed by atoms with Crippen molar-refractivity contribution < 1.29 is 49.6 Å². The van der Waals surface area contributed by atoms with Crippen molar-refractivity contribution in [2.24, 2.45) is 11.8 Å². The molecule has 0 saturated carbocycles. The highest BCUT2D eigenvalue weighted by atomic mass is 32.2. The summed E-state index contributed by atoms with van der Waals surface area (Å²) in [4.78, 5) is 58.1. The monoisotopic (exact) mass is 1660 g/mol. The number of ether oxygens (including phenoxy) is 1. The number of carbonyl (C=O) groups excluding carboxylic acids is 3. The maximum absolute atomic E-state index is 14.2. The first-order chi connectivity index (χ1) is 57.0. The molecule has 4 aliphatic heterocycles. The lowest BCUT2D eigenvalue weighted by molar-refractivity contribution is -0.438. The number of hydrogen-bond donors (Lipinski definition) is 7. The lowest BCUT2D eigenvalue weighted by Gasteiger charge is -2.28. The Hall–Kier alpha value is -9.35. The number of amides is 2. The number of rotatable bonds is 34. The van der Waals surface area contributed by atoms with E-state index in [1.54, 1.807) is 11.8 Å². The van der Waals surface area contributed by atoms with E-state index in [0.29, 0.717) is 70.5 Å². The van der Waals surface area contributed by atoms with Crippen LogP contribution in [0.25, 0.3) is 45.3 Å². The van der Waals surface area contributed by atoms with E-state index < -0.39 is 36.8 Å². The number of benzene rings is 5. The predicted molar refractivity (Wildman–Crippen MR) is 483 cm³/mol. The number of ketones is 1. The molecule has 1 saturated heterocycles. The van der Waals surface area contributed by atoms with Gasteiger partial charge in [0.1, 0.15) is 6.54 Å². The first-order valence-corrected chi connectivity index (χ1v) is 47.3. The van der Waals surface area contributed by atoms with Crippen LogP contribution in [0.5, 0.6) is 0 Å². The zero-order valence-electron chi connectivity index (χ0n) is 71.1. The summed E-state index contributed by atoms with van der Waals surface area (Å²) in [7, 11) is -8.53. The van der Waals surface area contributed by atoms with Crippen LogP contribution in [-0.4, -0.2) is 113 Å². The van der Waals surface area contributed by atoms with Gasteiger partial charge in [-0.25, -0.2) is 8.42 Å². The SMILES string of the molecule is CCCCCCOC(C)c1c2[nH]c(c1C)C=C1NC(=C3CC(=O)c4c3[nH]c(c4C)C=c3[nH]c(c(C)c3CC)=C2)[C@@H](CCC(=O)NCCCCCCNC(=O)c2cccc(SC3=C(/C=C/C4=[N+](CCCCS(=O)(=O)[O-])c5ccc6ccccc6c5C4(C)C)CCC/C3=C\C=C3\N(CCCCS(=O)(=O)O)c4ccc5ccccc5c4C3(C)C)c2)[C@@H]1C. The molecule has 8 aromatic rings. The lowest BCUT2D eigenvalue weighted by Crippen LogP contribution is -2.28. The Morgan fingerprint density at radius 2 is 1.44 bits per heavy atom. The maximum Gasteiger partial charge on any atom is 0.264 e. The normalized spacial score (nSPS) is 18.4. The van der Waals surface area contributed by atoms with Crippen molar-refractivity contribution in [3.8, 4) is 0 Å². The number of H-pyrrole nitrogens is 3. The number of hydrogen-bond acceptors (Lipinski definition) is 12. The number of anilines is 1. The largest absolute Gasteiger partial charge is 0.748 e. The molecule has 14 rings (SSSR count). The molecule has 1 fully saturated rings. The number of thioether (sulfide) groups is 1. The fraction of sp³-hybridized carbons (Fsp3) is 0.429. The lowest BCUT2D eigenvalue weighted by atomic mass is 9.78. The average molecular weight is 1660 g/mol. The summed E-state index contributed by atoms with van der Waals surface area (Å²) in [6.07, 6.45) is 29.4. The van der Waals surface area contributed by atoms with E-state index in [-0.39, 0.29) is 54.1 Å². The second-order valence-corrected chi connectivity index (χ2v) is 38.7. The molecule has 2 amide bonds. The van der Waals surface area contributed by atoms with Gasteiger partial charge in [0, 0.05) is 169 Å². The Morgan fingerprint density at radius 3 is 2.18 bits per heavy atom. The Kier molecular flexibility index (Phi) is 26.4. The van der Waals surface area contributed by atoms with Crippen molar-refractivity contribution in [2.75, 3.05) is 49.2 Å². The maximum atomic E-state index is 14.2. The smallest absolute Gasteiger partial charge is 0.264 e. The molecule has 7 heterocycles. The number of Topliss-reactive ketones (excluding diaryl/α,β-unsaturated/α-hetero) is 1. The Bertz CT molecular complexity index is 5900. The van der Waals surface area contributed by atoms with Crippen LogP contribution in [-0.2, 0) is 47.0 Å². The summed E-state index contributed by atoms with van der Waals surface area (Å²) >= 11 is 1.65. The topological polar surface area (TPSA) is 262 Å². The van der Waals surface area contributed by atoms with Crippen LogP contribution in [0.3, 0.4) is 0 Å². The quantitative estimate of drug-likeness (QED) is 0.0113. The van der Waals surface area contributed by atoms with Crippen LogP contribution >= 0.6 is 11.8 Å². The molecule has 21 heteroatoms. The second-order valence-electron chi connectivity index (χ2n) is 34.5. The molecule has 628 valence electrons. The van der Waals surface area contributed by atoms with E-state index in [1.165, 1.54) is 35.1 Å². The van der Waals surface area contributed by atoms with Crippen molar-refractivity contribution >= 4 is 112 Å². The molecule has 3 aromatic heterocycles. The summed E-state index contributed by atoms with van der Waals surface area (Å²) in [5.41, 5.74) is 21.7. The third-order valence-corrected chi connectivity index (χ3v) is 28.5. The summed E-state index contributed by atoms with van der Waals surface area (Å²) < 4.78 is 78.1. The van der Waals surface area contributed by atoms with Gasteiger partial charge < -0.3 is 45.1 Å². The number of aromatic nitrogens is 3. The van der Waals surface area contributed by atoms with Crippen molar-refractivity contribution in [1.29, 1.82) is 0 Å². The number of fused-ring (bicyclic) bond motifs is 13. The van der Waals surface area contributed by atoms with Gasteiger partial charge in [-0.15, -0.1) is 0 Å². The molecular weight excluding hydrogens is 1550 g/mol. The summed E-state index contributed by atoms with van der Waals surface area (Å²) in [5.74, 6) is -0.858. The van der Waals surface area contributed by atoms with Gasteiger partial charge in [0.2, 0.25) is 11.6 Å². The highest BCUT2D eigenvalue weighted by molar-refractivity contribution is 8.03. The minimum absolute atomic E-state index is 0.00675. The fourth-order valence-corrected chi connectivity index (χ4v) is 21.7. The predicted octanol–water partition coefficient (Wildman–Crippen LogP) is 18.9. The first kappa shape index (κ1) is 86.0. The van der Waals surface area contributed by atoms with E-state index in [0.717, 1.165) is 202 Å². The van der Waals surface area contributed by atoms with Crippen molar-refractivity contribution in [3.63, 3.8) is 0 Å². The van der Waals surface area contributed by atoms with E-state index in [1.807, 2.05) is 31.2 Å². The number of nitrogens with zero attached hydrogens (tertiary/aromatic N) is 2. The van der Waals surface area contributed by atoms with Crippen molar-refractivity contribution in [2.45, 2.75) is 220 Å². The van der Waals surface area contributed by atoms with Gasteiger partial charge in [-0.1, -0.05) is 151 Å². The summed E-state index contributed by atoms with van der Waals surface area (Å²) in [5, 5.41) is 16.9. The second kappa shape index (κ2) is 36.5. The number of unbranched alkanes of at least 4 members (excludes halogenated alkanes) is 8. The van der Waals surface area contributed by atoms with Crippen molar-refractivity contribution in [1.82, 2.24) is 30.9 Å². The van der Waals surface area contributed by atoms with Gasteiger partial charge in [-0.3, -0.25) is 18.9 Å². The number of aromatic amines is 3. The molecule has 1 unspecified atom stereocenters. The minimum atomic E-state index is -4.39. The highest BCUT2D eigenvalue weighted by Crippen LogP contribution is 2.53. The number of nitrogens with one attached hydrogen (secondary N) is 6. The Labute approximate surface area is 707 Å². The zero-order chi connectivity index (χ0) is 84.2. The molecule has 6 aliphatic rings. The minimum Gasteiger partial charge on any atom is -0.748 e. The van der Waals surface area contributed by atoms with Crippen LogP contribution in [0.2, 0.25) is 0 Å². The van der Waals surface area contributed by atoms with Gasteiger partial charge in [-0.05, 0) is 227 Å². The van der Waals surface area contributed by atoms with Crippen LogP contribution in [0.1, 0.15) is 260 Å². The molecule has 0 radical (unpaired) electrons. The molecular formula is C98H118N8O10S3. The number of allylic oxidation sites excluding steroid dienone is 10. The standard InChI is InChI=1S/C98H118N8O10S3/c1-12-14-15-26-53-116-65(7)89-63(5)79-58-78-62(4)73(93(103-78)76-57-85(107)90-64(6)80(104-94(76)90)59-81-72(13-2)61(3)77(101-81)60-82(89)102-79)43-48-88(108)99-49-22-16-17-23-50-100-96(109)70-35-30-36-71(56-70)117-95-68(41-46-86-97(8,9)91-74-37-20-18-31-66(74)39-44-83(91)105(86)51-24-27-54-118(110,111)112)33-29-34-69(95)42-47-87-98(10,11)92-75-38-21-19-32-67(75)40-45-84(92)106(87)52-25-28-55-119(113,114)115/h18-21,30-32,35-42,44-47,56,58-60,62,65,73,101-102H,12-17,22-29,33-34,43,48-55,57H2,1-11H3,(H5-,99,100,103,104,107,108,109,110,111,112,113,114,115)/t62-,65?,73-/m0/s1. The van der Waals surface area contributed by atoms with Gasteiger partial charge >= 0.3 is 0 Å². The Balaban J connectivity index is 0.662. The molecule has 5 aromatic carbocycles. The zero-order valence-corrected chi connectivity index (χ0v) is 73.6. The first-order valence-electron chi connectivity index (χ1n) is 43.3. The van der Waals surface area contributed by atoms with E-state index in [9.17, 15) is 40.3 Å². The molecule has 119 heavy (non-hydrogen) atoms. The summed E-state index contributed by atoms with van der Waals surface area (Å²) in [6, 6.07) is 33.3. The highest BCUT2D eigenvalue weighted by Gasteiger charge is 2.47. The fourth-order valence-electron chi connectivity index (χ4n) is 19.4. The third kappa shape index (κ3) is 18.6. The van der Waals surface area contributed by atoms with Gasteiger partial charge in [0.05, 0.1) is 33.1 Å². The average Bonchev–Trinajstić information content (AvgIpc) is 1.47. The molecule has 3 atom stereocenters. The van der Waals surface area contributed by atoms with Gasteiger partial charge in [0.25, 0.3) is 16.0 Å². The Morgan fingerprint density at radius 1 is 0.731 bits per heavy atom. The summed E-state index contributed by atoms with van der Waals surface area (Å²) in [6.45, 7) is 27.0. The molecule has 7 N–H and O–H groups in total. The van der Waals surface area contributed by atoms with E-state index >= 15 is 0 Å². The van der Waals surface area contributed by atoms with Crippen LogP contribution in [0.15, 0.2) is 159 Å². The number of carbonyl (C=O) groups is 3. The van der Waals surface area contributed by atoms with Gasteiger partial charge in [0.15, 0.2) is 11.5 Å². The van der Waals surface area contributed by atoms with Crippen LogP contribution in [0.4, 0.5) is 11.4 Å². The molecule has 2 aliphatic carbocycles. The molecule has 0 spiro atoms. The van der Waals surface area contributed by atoms with Gasteiger partial charge in [-0.2, -0.15) is 13.0 Å². The van der Waals surface area contributed by atoms with E-state index in [2.05, 4.69) is 225 Å². The molecule has 8 bridgehead atoms. The molecule has 18 nitrogen and oxygen atoms in total. The van der Waals surface area contributed by atoms with Crippen molar-refractivity contribution in [3.05, 3.63) is 238 Å². The third-order valence-electron chi connectivity index (χ3n) is 25.7.